The number of nitrogens with zero attached hydrogens (tertiary/aromatic N) is 3. The van der Waals surface area contributed by atoms with Crippen molar-refractivity contribution in [1.29, 1.82) is 0 Å². The standard InChI is InChI=1S/C21H23N3O2/c1-16(25)24-19-10-6-5-9-18(19)20(26)21(24)23-13-11-22(12-14-23)15-17-7-3-2-4-8-17/h2-10,21H,11-15H2,1H3/t21-/m0/s1. The van der Waals surface area contributed by atoms with Crippen molar-refractivity contribution < 1.29 is 9.59 Å². The van der Waals surface area contributed by atoms with Crippen molar-refractivity contribution in [2.24, 2.45) is 0 Å². The zero-order valence-electron chi connectivity index (χ0n) is 15.0. The quantitative estimate of drug-likeness (QED) is 0.853. The molecule has 0 radical (unpaired) electrons. The third kappa shape index (κ3) is 3.04. The van der Waals surface area contributed by atoms with Crippen LogP contribution in [-0.4, -0.2) is 53.8 Å². The second-order valence-electron chi connectivity index (χ2n) is 6.94. The molecule has 26 heavy (non-hydrogen) atoms. The first-order valence-corrected chi connectivity index (χ1v) is 9.08. The van der Waals surface area contributed by atoms with Crippen molar-refractivity contribution in [1.82, 2.24) is 9.80 Å². The second kappa shape index (κ2) is 7.02. The minimum Gasteiger partial charge on any atom is -0.297 e. The zero-order chi connectivity index (χ0) is 18.1. The van der Waals surface area contributed by atoms with Crippen LogP contribution in [0.25, 0.3) is 0 Å². The van der Waals surface area contributed by atoms with Gasteiger partial charge in [0.05, 0.1) is 5.69 Å². The predicted molar refractivity (Wildman–Crippen MR) is 101 cm³/mol. The Balaban J connectivity index is 1.47. The van der Waals surface area contributed by atoms with Gasteiger partial charge in [-0.05, 0) is 17.7 Å². The van der Waals surface area contributed by atoms with Crippen molar-refractivity contribution in [3.05, 3.63) is 65.7 Å². The Kier molecular flexibility index (Phi) is 4.57. The van der Waals surface area contributed by atoms with Crippen LogP contribution in [0.2, 0.25) is 0 Å². The highest BCUT2D eigenvalue weighted by Gasteiger charge is 2.43. The van der Waals surface area contributed by atoms with Crippen molar-refractivity contribution in [2.45, 2.75) is 19.6 Å². The SMILES string of the molecule is CC(=O)N1c2ccccc2C(=O)[C@H]1N1CCN(Cc2ccccc2)CC1. The summed E-state index contributed by atoms with van der Waals surface area (Å²) in [7, 11) is 0. The van der Waals surface area contributed by atoms with Gasteiger partial charge < -0.3 is 0 Å². The Labute approximate surface area is 153 Å². The molecule has 1 saturated heterocycles. The lowest BCUT2D eigenvalue weighted by atomic mass is 10.1. The molecule has 5 nitrogen and oxygen atoms in total. The number of piperazine rings is 1. The summed E-state index contributed by atoms with van der Waals surface area (Å²) < 4.78 is 0. The largest absolute Gasteiger partial charge is 0.297 e. The maximum atomic E-state index is 12.9. The summed E-state index contributed by atoms with van der Waals surface area (Å²) in [5.74, 6) is -0.0488. The van der Waals surface area contributed by atoms with E-state index in [-0.39, 0.29) is 11.7 Å². The smallest absolute Gasteiger partial charge is 0.225 e. The van der Waals surface area contributed by atoms with Crippen molar-refractivity contribution >= 4 is 17.4 Å². The van der Waals surface area contributed by atoms with E-state index in [0.29, 0.717) is 5.56 Å². The molecule has 2 aromatic carbocycles. The minimum absolute atomic E-state index is 0.0345. The number of fused-ring (bicyclic) bond motifs is 1. The van der Waals surface area contributed by atoms with E-state index in [1.165, 1.54) is 12.5 Å². The number of amides is 1. The first-order valence-electron chi connectivity index (χ1n) is 9.08. The molecular weight excluding hydrogens is 326 g/mol. The molecule has 0 unspecified atom stereocenters. The Morgan fingerprint density at radius 1 is 0.962 bits per heavy atom. The van der Waals surface area contributed by atoms with E-state index in [1.807, 2.05) is 30.3 Å². The molecule has 2 aromatic rings. The number of hydrogen-bond acceptors (Lipinski definition) is 4. The number of anilines is 1. The molecule has 1 fully saturated rings. The van der Waals surface area contributed by atoms with E-state index in [4.69, 9.17) is 0 Å². The van der Waals surface area contributed by atoms with Crippen molar-refractivity contribution in [3.8, 4) is 0 Å². The minimum atomic E-state index is -0.497. The Bertz CT molecular complexity index is 813. The van der Waals surface area contributed by atoms with E-state index < -0.39 is 6.17 Å². The maximum absolute atomic E-state index is 12.9. The molecule has 0 aliphatic carbocycles. The van der Waals surface area contributed by atoms with Gasteiger partial charge in [-0.2, -0.15) is 0 Å². The molecule has 5 heteroatoms. The molecule has 0 aromatic heterocycles. The highest BCUT2D eigenvalue weighted by molar-refractivity contribution is 6.17. The van der Waals surface area contributed by atoms with Crippen LogP contribution >= 0.6 is 0 Å². The Hall–Kier alpha value is -2.50. The summed E-state index contributed by atoms with van der Waals surface area (Å²) >= 11 is 0. The number of para-hydroxylation sites is 1. The third-order valence-corrected chi connectivity index (χ3v) is 5.25. The molecule has 0 bridgehead atoms. The number of carbonyl (C=O) groups is 2. The lowest BCUT2D eigenvalue weighted by molar-refractivity contribution is -0.117. The third-order valence-electron chi connectivity index (χ3n) is 5.25. The zero-order valence-corrected chi connectivity index (χ0v) is 15.0. The summed E-state index contributed by atoms with van der Waals surface area (Å²) in [6.45, 7) is 5.79. The predicted octanol–water partition coefficient (Wildman–Crippen LogP) is 2.38. The van der Waals surface area contributed by atoms with Crippen LogP contribution in [0.1, 0.15) is 22.8 Å². The summed E-state index contributed by atoms with van der Waals surface area (Å²) in [4.78, 5) is 31.4. The maximum Gasteiger partial charge on any atom is 0.225 e. The normalized spacial score (nSPS) is 21.0. The molecule has 2 aliphatic heterocycles. The van der Waals surface area contributed by atoms with Crippen LogP contribution in [0, 0.1) is 0 Å². The lowest BCUT2D eigenvalue weighted by Crippen LogP contribution is -2.57. The van der Waals surface area contributed by atoms with Gasteiger partial charge in [0, 0.05) is 45.2 Å². The van der Waals surface area contributed by atoms with Crippen LogP contribution in [0.5, 0.6) is 0 Å². The highest BCUT2D eigenvalue weighted by atomic mass is 16.2. The number of hydrogen-bond donors (Lipinski definition) is 0. The second-order valence-corrected chi connectivity index (χ2v) is 6.94. The lowest BCUT2D eigenvalue weighted by Gasteiger charge is -2.40. The van der Waals surface area contributed by atoms with Crippen molar-refractivity contribution in [3.63, 3.8) is 0 Å². The fourth-order valence-corrected chi connectivity index (χ4v) is 3.96. The van der Waals surface area contributed by atoms with E-state index in [2.05, 4.69) is 34.1 Å². The molecule has 1 amide bonds. The Morgan fingerprint density at radius 3 is 2.31 bits per heavy atom. The van der Waals surface area contributed by atoms with E-state index in [0.717, 1.165) is 38.4 Å². The van der Waals surface area contributed by atoms with Crippen LogP contribution in [0.4, 0.5) is 5.69 Å². The average molecular weight is 349 g/mol. The molecule has 134 valence electrons. The molecule has 4 rings (SSSR count). The van der Waals surface area contributed by atoms with Gasteiger partial charge in [-0.25, -0.2) is 0 Å². The first-order chi connectivity index (χ1) is 12.6. The molecule has 2 heterocycles. The molecular formula is C21H23N3O2. The van der Waals surface area contributed by atoms with Gasteiger partial charge in [0.2, 0.25) is 11.7 Å². The average Bonchev–Trinajstić information content (AvgIpc) is 2.96. The van der Waals surface area contributed by atoms with Gasteiger partial charge in [-0.15, -0.1) is 0 Å². The number of rotatable bonds is 3. The van der Waals surface area contributed by atoms with E-state index in [9.17, 15) is 9.59 Å². The van der Waals surface area contributed by atoms with Gasteiger partial charge in [0.1, 0.15) is 0 Å². The van der Waals surface area contributed by atoms with Gasteiger partial charge in [0.15, 0.2) is 6.17 Å². The van der Waals surface area contributed by atoms with Crippen LogP contribution in [0.3, 0.4) is 0 Å². The summed E-state index contributed by atoms with van der Waals surface area (Å²) in [5, 5.41) is 0. The number of ketones is 1. The molecule has 0 N–H and O–H groups in total. The Morgan fingerprint density at radius 2 is 1.62 bits per heavy atom. The summed E-state index contributed by atoms with van der Waals surface area (Å²) in [6.07, 6.45) is -0.497. The molecule has 2 aliphatic rings. The monoisotopic (exact) mass is 349 g/mol. The number of carbonyl (C=O) groups excluding carboxylic acids is 2. The number of Topliss-reactive ketones (excluding diaryl/α,β-unsaturated/α-hetero) is 1. The fraction of sp³-hybridized carbons (Fsp3) is 0.333. The van der Waals surface area contributed by atoms with Crippen molar-refractivity contribution in [2.75, 3.05) is 31.1 Å². The topological polar surface area (TPSA) is 43.9 Å². The van der Waals surface area contributed by atoms with Crippen LogP contribution < -0.4 is 4.90 Å². The van der Waals surface area contributed by atoms with Gasteiger partial charge in [-0.3, -0.25) is 24.3 Å². The highest BCUT2D eigenvalue weighted by Crippen LogP contribution is 2.34. The molecule has 0 saturated carbocycles. The summed E-state index contributed by atoms with van der Waals surface area (Å²) in [6, 6.07) is 17.8. The van der Waals surface area contributed by atoms with Crippen LogP contribution in [0.15, 0.2) is 54.6 Å². The summed E-state index contributed by atoms with van der Waals surface area (Å²) in [5.41, 5.74) is 2.69. The number of benzene rings is 2. The van der Waals surface area contributed by atoms with E-state index in [1.54, 1.807) is 4.90 Å². The fourth-order valence-electron chi connectivity index (χ4n) is 3.96. The first kappa shape index (κ1) is 16.9. The van der Waals surface area contributed by atoms with Gasteiger partial charge in [-0.1, -0.05) is 42.5 Å². The van der Waals surface area contributed by atoms with Gasteiger partial charge in [0.25, 0.3) is 0 Å². The molecule has 1 atom stereocenters. The van der Waals surface area contributed by atoms with Crippen LogP contribution in [-0.2, 0) is 11.3 Å². The molecule has 0 spiro atoms. The van der Waals surface area contributed by atoms with Gasteiger partial charge >= 0.3 is 0 Å². The van der Waals surface area contributed by atoms with E-state index >= 15 is 0 Å².